The lowest BCUT2D eigenvalue weighted by atomic mass is 10.2. The molecule has 0 saturated carbocycles. The number of hydrogen-bond acceptors (Lipinski definition) is 7. The maximum atomic E-state index is 12.5. The molecular weight excluding hydrogens is 402 g/mol. The van der Waals surface area contributed by atoms with Crippen molar-refractivity contribution in [1.29, 1.82) is 0 Å². The molecule has 30 heavy (non-hydrogen) atoms. The van der Waals surface area contributed by atoms with Gasteiger partial charge in [-0.25, -0.2) is 9.97 Å². The van der Waals surface area contributed by atoms with Crippen molar-refractivity contribution in [2.45, 2.75) is 6.92 Å². The first kappa shape index (κ1) is 19.6. The Morgan fingerprint density at radius 3 is 2.67 bits per heavy atom. The van der Waals surface area contributed by atoms with Gasteiger partial charge in [0.1, 0.15) is 9.88 Å². The minimum atomic E-state index is -0.252. The van der Waals surface area contributed by atoms with Crippen LogP contribution in [0.4, 0.5) is 5.69 Å². The fraction of sp³-hybridized carbons (Fsp3) is 0.143. The number of amides is 1. The van der Waals surface area contributed by atoms with Gasteiger partial charge in [-0.05, 0) is 30.7 Å². The van der Waals surface area contributed by atoms with E-state index >= 15 is 0 Å². The number of aromatic nitrogens is 4. The van der Waals surface area contributed by atoms with Gasteiger partial charge in [-0.15, -0.1) is 11.3 Å². The number of nitrogens with one attached hydrogen (secondary N) is 1. The van der Waals surface area contributed by atoms with E-state index in [-0.39, 0.29) is 5.91 Å². The van der Waals surface area contributed by atoms with Crippen molar-refractivity contribution in [3.63, 3.8) is 0 Å². The molecule has 0 radical (unpaired) electrons. The number of ether oxygens (including phenoxy) is 2. The molecule has 0 atom stereocenters. The molecule has 1 amide bonds. The van der Waals surface area contributed by atoms with Crippen LogP contribution in [0.1, 0.15) is 15.2 Å². The first-order chi connectivity index (χ1) is 14.5. The van der Waals surface area contributed by atoms with Crippen LogP contribution in [-0.2, 0) is 7.05 Å². The molecule has 9 heteroatoms. The number of benzene rings is 1. The van der Waals surface area contributed by atoms with Gasteiger partial charge in [-0.2, -0.15) is 5.10 Å². The molecule has 3 heterocycles. The second kappa shape index (κ2) is 8.34. The Bertz CT molecular complexity index is 1180. The smallest absolute Gasteiger partial charge is 0.267 e. The Balaban J connectivity index is 1.42. The van der Waals surface area contributed by atoms with Crippen molar-refractivity contribution in [1.82, 2.24) is 19.7 Å². The van der Waals surface area contributed by atoms with E-state index in [2.05, 4.69) is 20.4 Å². The summed E-state index contributed by atoms with van der Waals surface area (Å²) in [7, 11) is 3.42. The first-order valence-corrected chi connectivity index (χ1v) is 9.88. The molecule has 152 valence electrons. The second-order valence-corrected chi connectivity index (χ2v) is 7.56. The highest BCUT2D eigenvalue weighted by atomic mass is 32.1. The Morgan fingerprint density at radius 2 is 1.97 bits per heavy atom. The summed E-state index contributed by atoms with van der Waals surface area (Å²) >= 11 is 1.30. The van der Waals surface area contributed by atoms with Gasteiger partial charge >= 0.3 is 0 Å². The van der Waals surface area contributed by atoms with Crippen LogP contribution in [0, 0.1) is 6.92 Å². The van der Waals surface area contributed by atoms with Crippen molar-refractivity contribution in [3.05, 3.63) is 65.6 Å². The summed E-state index contributed by atoms with van der Waals surface area (Å²) < 4.78 is 12.8. The summed E-state index contributed by atoms with van der Waals surface area (Å²) in [5.74, 6) is 1.34. The normalized spacial score (nSPS) is 10.6. The molecule has 0 bridgehead atoms. The minimum absolute atomic E-state index is 0.252. The largest absolute Gasteiger partial charge is 0.493 e. The molecule has 0 spiro atoms. The predicted octanol–water partition coefficient (Wildman–Crippen LogP) is 4.30. The monoisotopic (exact) mass is 421 g/mol. The summed E-state index contributed by atoms with van der Waals surface area (Å²) in [5.41, 5.74) is 2.50. The van der Waals surface area contributed by atoms with Crippen LogP contribution in [0.3, 0.4) is 0 Å². The number of rotatable bonds is 6. The standard InChI is InChI=1S/C21H19N5O3S/c1-13-4-6-16(17(8-13)28-3)29-19-7-5-15(10-22-19)25-20(27)18-11-23-21(30-18)14-9-24-26(2)12-14/h4-12H,1-3H3,(H,25,27). The third-order valence-electron chi connectivity index (χ3n) is 4.21. The number of carbonyl (C=O) groups is 1. The Labute approximate surface area is 177 Å². The summed E-state index contributed by atoms with van der Waals surface area (Å²) in [5, 5.41) is 7.68. The van der Waals surface area contributed by atoms with Crippen LogP contribution in [0.25, 0.3) is 10.6 Å². The van der Waals surface area contributed by atoms with Crippen LogP contribution in [0.2, 0.25) is 0 Å². The molecule has 0 aliphatic carbocycles. The van der Waals surface area contributed by atoms with Crippen molar-refractivity contribution >= 4 is 22.9 Å². The van der Waals surface area contributed by atoms with Crippen molar-refractivity contribution < 1.29 is 14.3 Å². The molecule has 8 nitrogen and oxygen atoms in total. The van der Waals surface area contributed by atoms with E-state index in [1.54, 1.807) is 36.3 Å². The maximum Gasteiger partial charge on any atom is 0.267 e. The lowest BCUT2D eigenvalue weighted by molar-refractivity contribution is 0.103. The summed E-state index contributed by atoms with van der Waals surface area (Å²) in [4.78, 5) is 21.6. The summed E-state index contributed by atoms with van der Waals surface area (Å²) in [6.07, 6.45) is 6.66. The zero-order chi connectivity index (χ0) is 21.1. The molecule has 1 N–H and O–H groups in total. The molecule has 0 fully saturated rings. The second-order valence-electron chi connectivity index (χ2n) is 6.53. The van der Waals surface area contributed by atoms with Crippen LogP contribution in [0.5, 0.6) is 17.4 Å². The average molecular weight is 421 g/mol. The van der Waals surface area contributed by atoms with E-state index < -0.39 is 0 Å². The summed E-state index contributed by atoms with van der Waals surface area (Å²) in [6, 6.07) is 9.06. The SMILES string of the molecule is COc1cc(C)ccc1Oc1ccc(NC(=O)c2cnc(-c3cnn(C)c3)s2)cn1. The van der Waals surface area contributed by atoms with Crippen LogP contribution >= 0.6 is 11.3 Å². The van der Waals surface area contributed by atoms with Gasteiger partial charge < -0.3 is 14.8 Å². The van der Waals surface area contributed by atoms with Crippen molar-refractivity contribution in [2.24, 2.45) is 7.05 Å². The molecule has 0 saturated heterocycles. The van der Waals surface area contributed by atoms with Crippen molar-refractivity contribution in [3.8, 4) is 28.0 Å². The van der Waals surface area contributed by atoms with Gasteiger partial charge in [-0.3, -0.25) is 9.48 Å². The van der Waals surface area contributed by atoms with Crippen LogP contribution in [-0.4, -0.2) is 32.8 Å². The molecule has 1 aromatic carbocycles. The van der Waals surface area contributed by atoms with Gasteiger partial charge in [0.15, 0.2) is 11.5 Å². The highest BCUT2D eigenvalue weighted by Gasteiger charge is 2.13. The van der Waals surface area contributed by atoms with Gasteiger partial charge in [0.25, 0.3) is 5.91 Å². The molecule has 4 aromatic rings. The number of pyridine rings is 1. The van der Waals surface area contributed by atoms with Gasteiger partial charge in [-0.1, -0.05) is 6.07 Å². The highest BCUT2D eigenvalue weighted by molar-refractivity contribution is 7.17. The number of anilines is 1. The van der Waals surface area contributed by atoms with E-state index in [9.17, 15) is 4.79 Å². The molecule has 3 aromatic heterocycles. The third kappa shape index (κ3) is 4.31. The van der Waals surface area contributed by atoms with E-state index in [0.717, 1.165) is 16.1 Å². The zero-order valence-corrected chi connectivity index (χ0v) is 17.4. The lowest BCUT2D eigenvalue weighted by Crippen LogP contribution is -2.10. The molecular formula is C21H19N5O3S. The number of thiazole rings is 1. The maximum absolute atomic E-state index is 12.5. The van der Waals surface area contributed by atoms with Crippen LogP contribution < -0.4 is 14.8 Å². The number of hydrogen-bond donors (Lipinski definition) is 1. The Kier molecular flexibility index (Phi) is 5.44. The van der Waals surface area contributed by atoms with E-state index in [0.29, 0.717) is 27.9 Å². The number of aryl methyl sites for hydroxylation is 2. The minimum Gasteiger partial charge on any atom is -0.493 e. The molecule has 0 unspecified atom stereocenters. The summed E-state index contributed by atoms with van der Waals surface area (Å²) in [6.45, 7) is 1.98. The first-order valence-electron chi connectivity index (χ1n) is 9.06. The molecule has 4 rings (SSSR count). The van der Waals surface area contributed by atoms with E-state index in [1.807, 2.05) is 38.4 Å². The predicted molar refractivity (Wildman–Crippen MR) is 114 cm³/mol. The Morgan fingerprint density at radius 1 is 1.10 bits per heavy atom. The van der Waals surface area contributed by atoms with Crippen LogP contribution in [0.15, 0.2) is 55.1 Å². The number of nitrogens with zero attached hydrogens (tertiary/aromatic N) is 4. The fourth-order valence-corrected chi connectivity index (χ4v) is 3.51. The van der Waals surface area contributed by atoms with Gasteiger partial charge in [0.2, 0.25) is 5.88 Å². The molecule has 0 aliphatic rings. The van der Waals surface area contributed by atoms with Gasteiger partial charge in [0, 0.05) is 24.9 Å². The number of methoxy groups -OCH3 is 1. The topological polar surface area (TPSA) is 91.2 Å². The van der Waals surface area contributed by atoms with E-state index in [4.69, 9.17) is 9.47 Å². The quantitative estimate of drug-likeness (QED) is 0.499. The van der Waals surface area contributed by atoms with Crippen molar-refractivity contribution in [2.75, 3.05) is 12.4 Å². The fourth-order valence-electron chi connectivity index (χ4n) is 2.72. The number of carbonyl (C=O) groups excluding carboxylic acids is 1. The highest BCUT2D eigenvalue weighted by Crippen LogP contribution is 2.31. The zero-order valence-electron chi connectivity index (χ0n) is 16.6. The van der Waals surface area contributed by atoms with Gasteiger partial charge in [0.05, 0.1) is 31.4 Å². The average Bonchev–Trinajstić information content (AvgIpc) is 3.40. The molecule has 0 aliphatic heterocycles. The third-order valence-corrected chi connectivity index (χ3v) is 5.25. The van der Waals surface area contributed by atoms with E-state index in [1.165, 1.54) is 17.5 Å². The Hall–Kier alpha value is -3.72. The lowest BCUT2D eigenvalue weighted by Gasteiger charge is -2.10.